The zero-order chi connectivity index (χ0) is 14.8. The molecule has 0 radical (unpaired) electrons. The van der Waals surface area contributed by atoms with E-state index < -0.39 is 0 Å². The van der Waals surface area contributed by atoms with Gasteiger partial charge in [0.2, 0.25) is 0 Å². The molecule has 0 unspecified atom stereocenters. The maximum atomic E-state index is 4.78. The van der Waals surface area contributed by atoms with Crippen molar-refractivity contribution in [2.45, 2.75) is 46.5 Å². The third kappa shape index (κ3) is 3.33. The molecule has 2 heterocycles. The summed E-state index contributed by atoms with van der Waals surface area (Å²) in [6.07, 6.45) is 2.61. The molecular weight excluding hydrogens is 268 g/mol. The molecule has 0 saturated carbocycles. The fraction of sp³-hybridized carbons (Fsp3) is 0.533. The first-order valence-corrected chi connectivity index (χ1v) is 7.80. The van der Waals surface area contributed by atoms with E-state index in [0.29, 0.717) is 0 Å². The minimum atomic E-state index is -0.0600. The Kier molecular flexibility index (Phi) is 4.38. The van der Waals surface area contributed by atoms with Crippen molar-refractivity contribution in [2.75, 3.05) is 11.9 Å². The highest BCUT2D eigenvalue weighted by molar-refractivity contribution is 7.09. The maximum Gasteiger partial charge on any atom is 0.136 e. The summed E-state index contributed by atoms with van der Waals surface area (Å²) in [5, 5.41) is 6.43. The number of hydrogen-bond acceptors (Lipinski definition) is 5. The Bertz CT molecular complexity index is 570. The van der Waals surface area contributed by atoms with Crippen LogP contribution < -0.4 is 5.32 Å². The standard InChI is InChI=1S/C15H22N4S/c1-6-16-13-10(2)11(9-12-17-7-8-20-12)18-14(19-13)15(3,4)5/h7-8H,6,9H2,1-5H3,(H,16,18,19). The van der Waals surface area contributed by atoms with E-state index in [2.05, 4.69) is 49.9 Å². The molecule has 0 aliphatic rings. The molecule has 0 fully saturated rings. The van der Waals surface area contributed by atoms with Crippen molar-refractivity contribution in [3.63, 3.8) is 0 Å². The van der Waals surface area contributed by atoms with Gasteiger partial charge in [-0.05, 0) is 13.8 Å². The fourth-order valence-electron chi connectivity index (χ4n) is 1.89. The smallest absolute Gasteiger partial charge is 0.136 e. The molecular formula is C15H22N4S. The quantitative estimate of drug-likeness (QED) is 0.935. The molecule has 0 saturated heterocycles. The molecule has 20 heavy (non-hydrogen) atoms. The average Bonchev–Trinajstić information content (AvgIpc) is 2.86. The molecule has 2 rings (SSSR count). The summed E-state index contributed by atoms with van der Waals surface area (Å²) in [5.74, 6) is 1.82. The van der Waals surface area contributed by atoms with Gasteiger partial charge >= 0.3 is 0 Å². The van der Waals surface area contributed by atoms with Gasteiger partial charge in [0.25, 0.3) is 0 Å². The Hall–Kier alpha value is -1.49. The molecule has 2 aromatic heterocycles. The van der Waals surface area contributed by atoms with Crippen LogP contribution in [0.15, 0.2) is 11.6 Å². The lowest BCUT2D eigenvalue weighted by Crippen LogP contribution is -2.20. The molecule has 0 aromatic carbocycles. The van der Waals surface area contributed by atoms with E-state index in [9.17, 15) is 0 Å². The monoisotopic (exact) mass is 290 g/mol. The molecule has 1 N–H and O–H groups in total. The molecule has 5 heteroatoms. The van der Waals surface area contributed by atoms with Gasteiger partial charge in [0.05, 0.1) is 10.7 Å². The summed E-state index contributed by atoms with van der Waals surface area (Å²) in [6.45, 7) is 11.4. The van der Waals surface area contributed by atoms with Crippen molar-refractivity contribution in [3.05, 3.63) is 33.7 Å². The number of hydrogen-bond donors (Lipinski definition) is 1. The molecule has 2 aromatic rings. The topological polar surface area (TPSA) is 50.7 Å². The SMILES string of the molecule is CCNc1nc(C(C)(C)C)nc(Cc2nccs2)c1C. The van der Waals surface area contributed by atoms with Gasteiger partial charge in [-0.1, -0.05) is 20.8 Å². The van der Waals surface area contributed by atoms with E-state index in [4.69, 9.17) is 4.98 Å². The van der Waals surface area contributed by atoms with Crippen LogP contribution in [0.25, 0.3) is 0 Å². The summed E-state index contributed by atoms with van der Waals surface area (Å²) in [5.41, 5.74) is 2.13. The van der Waals surface area contributed by atoms with Crippen LogP contribution in [0.5, 0.6) is 0 Å². The van der Waals surface area contributed by atoms with Gasteiger partial charge in [0.1, 0.15) is 11.6 Å². The lowest BCUT2D eigenvalue weighted by Gasteiger charge is -2.20. The zero-order valence-electron chi connectivity index (χ0n) is 12.8. The predicted octanol–water partition coefficient (Wildman–Crippen LogP) is 3.56. The number of nitrogens with zero attached hydrogens (tertiary/aromatic N) is 3. The van der Waals surface area contributed by atoms with Crippen LogP contribution in [0.4, 0.5) is 5.82 Å². The van der Waals surface area contributed by atoms with Crippen LogP contribution in [0.1, 0.15) is 49.8 Å². The summed E-state index contributed by atoms with van der Waals surface area (Å²) in [4.78, 5) is 13.8. The van der Waals surface area contributed by atoms with E-state index in [1.807, 2.05) is 11.6 Å². The fourth-order valence-corrected chi connectivity index (χ4v) is 2.51. The Labute approximate surface area is 124 Å². The number of thiazole rings is 1. The van der Waals surface area contributed by atoms with E-state index in [1.165, 1.54) is 0 Å². The highest BCUT2D eigenvalue weighted by atomic mass is 32.1. The molecule has 0 spiro atoms. The first kappa shape index (κ1) is 14.9. The zero-order valence-corrected chi connectivity index (χ0v) is 13.6. The van der Waals surface area contributed by atoms with Gasteiger partial charge in [-0.25, -0.2) is 15.0 Å². The summed E-state index contributed by atoms with van der Waals surface area (Å²) < 4.78 is 0. The lowest BCUT2D eigenvalue weighted by molar-refractivity contribution is 0.542. The molecule has 0 bridgehead atoms. The first-order chi connectivity index (χ1) is 9.41. The van der Waals surface area contributed by atoms with Crippen molar-refractivity contribution in [1.82, 2.24) is 15.0 Å². The first-order valence-electron chi connectivity index (χ1n) is 6.92. The molecule has 0 atom stereocenters. The van der Waals surface area contributed by atoms with Gasteiger partial charge in [0, 0.05) is 35.5 Å². The second-order valence-electron chi connectivity index (χ2n) is 5.85. The second-order valence-corrected chi connectivity index (χ2v) is 6.83. The van der Waals surface area contributed by atoms with E-state index in [0.717, 1.165) is 40.9 Å². The Morgan fingerprint density at radius 2 is 2.00 bits per heavy atom. The van der Waals surface area contributed by atoms with E-state index in [-0.39, 0.29) is 5.41 Å². The Morgan fingerprint density at radius 3 is 2.55 bits per heavy atom. The molecule has 4 nitrogen and oxygen atoms in total. The summed E-state index contributed by atoms with van der Waals surface area (Å²) in [6, 6.07) is 0. The van der Waals surface area contributed by atoms with Crippen molar-refractivity contribution in [1.29, 1.82) is 0 Å². The Balaban J connectivity index is 2.45. The predicted molar refractivity (Wildman–Crippen MR) is 84.6 cm³/mol. The highest BCUT2D eigenvalue weighted by Gasteiger charge is 2.21. The van der Waals surface area contributed by atoms with Crippen LogP contribution in [0.3, 0.4) is 0 Å². The second kappa shape index (κ2) is 5.87. The highest BCUT2D eigenvalue weighted by Crippen LogP contribution is 2.25. The van der Waals surface area contributed by atoms with Gasteiger partial charge in [-0.2, -0.15) is 0 Å². The number of nitrogens with one attached hydrogen (secondary N) is 1. The van der Waals surface area contributed by atoms with Crippen molar-refractivity contribution >= 4 is 17.2 Å². The summed E-state index contributed by atoms with van der Waals surface area (Å²) in [7, 11) is 0. The van der Waals surface area contributed by atoms with E-state index >= 15 is 0 Å². The van der Waals surface area contributed by atoms with Crippen molar-refractivity contribution < 1.29 is 0 Å². The number of aromatic nitrogens is 3. The molecule has 0 aliphatic heterocycles. The number of rotatable bonds is 4. The summed E-state index contributed by atoms with van der Waals surface area (Å²) >= 11 is 1.67. The minimum absolute atomic E-state index is 0.0600. The van der Waals surface area contributed by atoms with Crippen molar-refractivity contribution in [2.24, 2.45) is 0 Å². The molecule has 108 valence electrons. The third-order valence-corrected chi connectivity index (χ3v) is 3.84. The van der Waals surface area contributed by atoms with E-state index in [1.54, 1.807) is 11.3 Å². The normalized spacial score (nSPS) is 11.7. The van der Waals surface area contributed by atoms with Gasteiger partial charge in [-0.3, -0.25) is 0 Å². The Morgan fingerprint density at radius 1 is 1.25 bits per heavy atom. The third-order valence-electron chi connectivity index (χ3n) is 3.06. The van der Waals surface area contributed by atoms with Gasteiger partial charge < -0.3 is 5.32 Å². The van der Waals surface area contributed by atoms with Crippen LogP contribution in [-0.2, 0) is 11.8 Å². The average molecular weight is 290 g/mol. The van der Waals surface area contributed by atoms with Crippen LogP contribution in [0, 0.1) is 6.92 Å². The maximum absolute atomic E-state index is 4.78. The minimum Gasteiger partial charge on any atom is -0.370 e. The van der Waals surface area contributed by atoms with Crippen LogP contribution in [-0.4, -0.2) is 21.5 Å². The largest absolute Gasteiger partial charge is 0.370 e. The molecule has 0 aliphatic carbocycles. The van der Waals surface area contributed by atoms with Gasteiger partial charge in [0.15, 0.2) is 0 Å². The lowest BCUT2D eigenvalue weighted by atomic mass is 9.95. The van der Waals surface area contributed by atoms with Gasteiger partial charge in [-0.15, -0.1) is 11.3 Å². The van der Waals surface area contributed by atoms with Crippen LogP contribution >= 0.6 is 11.3 Å². The molecule has 0 amide bonds. The van der Waals surface area contributed by atoms with Crippen molar-refractivity contribution in [3.8, 4) is 0 Å². The van der Waals surface area contributed by atoms with Crippen LogP contribution in [0.2, 0.25) is 0 Å². The number of anilines is 1.